The van der Waals surface area contributed by atoms with Crippen LogP contribution in [0, 0.1) is 0 Å². The topological polar surface area (TPSA) is 28.4 Å². The van der Waals surface area contributed by atoms with Crippen LogP contribution in [0.1, 0.15) is 22.9 Å². The van der Waals surface area contributed by atoms with Gasteiger partial charge in [0.2, 0.25) is 0 Å². The van der Waals surface area contributed by atoms with Gasteiger partial charge in [-0.15, -0.1) is 0 Å². The molecule has 7 heteroatoms. The van der Waals surface area contributed by atoms with Crippen LogP contribution >= 0.6 is 11.6 Å². The second kappa shape index (κ2) is 6.55. The SMILES string of the molecule is FC(F)(F)c1cc(Cl)ccc1[C@H](c1ccco1)N1CCNCC1. The molecule has 1 saturated heterocycles. The lowest BCUT2D eigenvalue weighted by Crippen LogP contribution is -2.45. The summed E-state index contributed by atoms with van der Waals surface area (Å²) in [6.07, 6.45) is -2.99. The maximum absolute atomic E-state index is 13.5. The van der Waals surface area contributed by atoms with Crippen molar-refractivity contribution >= 4 is 11.6 Å². The van der Waals surface area contributed by atoms with Crippen molar-refractivity contribution in [2.75, 3.05) is 26.2 Å². The number of piperazine rings is 1. The van der Waals surface area contributed by atoms with E-state index >= 15 is 0 Å². The molecule has 2 heterocycles. The Morgan fingerprint density at radius 2 is 1.91 bits per heavy atom. The standard InChI is InChI=1S/C16H16ClF3N2O/c17-11-3-4-12(13(10-11)16(18,19)20)15(14-2-1-9-23-14)22-7-5-21-6-8-22/h1-4,9-10,15,21H,5-8H2/t15-/m1/s1. The van der Waals surface area contributed by atoms with Crippen molar-refractivity contribution in [2.24, 2.45) is 0 Å². The monoisotopic (exact) mass is 344 g/mol. The predicted octanol–water partition coefficient (Wildman–Crippen LogP) is 3.95. The molecule has 1 atom stereocenters. The predicted molar refractivity (Wildman–Crippen MR) is 81.4 cm³/mol. The Bertz CT molecular complexity index is 652. The first-order valence-corrected chi connectivity index (χ1v) is 7.69. The van der Waals surface area contributed by atoms with Gasteiger partial charge in [0.1, 0.15) is 5.76 Å². The number of benzene rings is 1. The highest BCUT2D eigenvalue weighted by molar-refractivity contribution is 6.30. The van der Waals surface area contributed by atoms with Gasteiger partial charge in [-0.25, -0.2) is 0 Å². The highest BCUT2D eigenvalue weighted by Gasteiger charge is 2.38. The normalized spacial score (nSPS) is 18.1. The van der Waals surface area contributed by atoms with E-state index < -0.39 is 17.8 Å². The molecule has 1 aromatic heterocycles. The first-order chi connectivity index (χ1) is 11.0. The zero-order chi connectivity index (χ0) is 16.4. The third kappa shape index (κ3) is 3.54. The second-order valence-electron chi connectivity index (χ2n) is 5.43. The number of hydrogen-bond donors (Lipinski definition) is 1. The summed E-state index contributed by atoms with van der Waals surface area (Å²) < 4.78 is 45.9. The molecule has 0 unspecified atom stereocenters. The van der Waals surface area contributed by atoms with Crippen LogP contribution in [0.25, 0.3) is 0 Å². The fourth-order valence-corrected chi connectivity index (χ4v) is 3.10. The molecule has 2 aromatic rings. The lowest BCUT2D eigenvalue weighted by atomic mass is 9.96. The fraction of sp³-hybridized carbons (Fsp3) is 0.375. The summed E-state index contributed by atoms with van der Waals surface area (Å²) in [6, 6.07) is 6.73. The summed E-state index contributed by atoms with van der Waals surface area (Å²) in [5, 5.41) is 3.27. The van der Waals surface area contributed by atoms with Crippen molar-refractivity contribution < 1.29 is 17.6 Å². The quantitative estimate of drug-likeness (QED) is 0.914. The van der Waals surface area contributed by atoms with Crippen molar-refractivity contribution in [1.29, 1.82) is 0 Å². The Labute approximate surface area is 137 Å². The van der Waals surface area contributed by atoms with Crippen molar-refractivity contribution in [3.05, 3.63) is 58.5 Å². The maximum Gasteiger partial charge on any atom is 0.416 e. The lowest BCUT2D eigenvalue weighted by Gasteiger charge is -2.35. The molecule has 1 aromatic carbocycles. The van der Waals surface area contributed by atoms with Gasteiger partial charge in [0.15, 0.2) is 0 Å². The van der Waals surface area contributed by atoms with E-state index in [0.29, 0.717) is 18.8 Å². The van der Waals surface area contributed by atoms with Crippen molar-refractivity contribution in [2.45, 2.75) is 12.2 Å². The number of nitrogens with zero attached hydrogens (tertiary/aromatic N) is 1. The number of alkyl halides is 3. The van der Waals surface area contributed by atoms with Gasteiger partial charge < -0.3 is 9.73 Å². The molecule has 0 spiro atoms. The molecular formula is C16H16ClF3N2O. The fourth-order valence-electron chi connectivity index (χ4n) is 2.93. The smallest absolute Gasteiger partial charge is 0.416 e. The Balaban J connectivity index is 2.10. The van der Waals surface area contributed by atoms with Crippen LogP contribution in [0.15, 0.2) is 41.0 Å². The molecule has 3 nitrogen and oxygen atoms in total. The Morgan fingerprint density at radius 1 is 1.17 bits per heavy atom. The zero-order valence-corrected chi connectivity index (χ0v) is 13.0. The van der Waals surface area contributed by atoms with Gasteiger partial charge in [-0.3, -0.25) is 4.90 Å². The van der Waals surface area contributed by atoms with Gasteiger partial charge in [-0.1, -0.05) is 17.7 Å². The minimum Gasteiger partial charge on any atom is -0.467 e. The van der Waals surface area contributed by atoms with Crippen LogP contribution in [0.4, 0.5) is 13.2 Å². The maximum atomic E-state index is 13.5. The highest BCUT2D eigenvalue weighted by Crippen LogP contribution is 2.40. The zero-order valence-electron chi connectivity index (χ0n) is 12.2. The van der Waals surface area contributed by atoms with Crippen molar-refractivity contribution in [3.8, 4) is 0 Å². The van der Waals surface area contributed by atoms with E-state index in [9.17, 15) is 13.2 Å². The third-order valence-corrected chi connectivity index (χ3v) is 4.18. The molecule has 0 aliphatic carbocycles. The van der Waals surface area contributed by atoms with Crippen LogP contribution in [0.5, 0.6) is 0 Å². The number of hydrogen-bond acceptors (Lipinski definition) is 3. The van der Waals surface area contributed by atoms with Crippen LogP contribution in [-0.2, 0) is 6.18 Å². The summed E-state index contributed by atoms with van der Waals surface area (Å²) in [4.78, 5) is 1.99. The average Bonchev–Trinajstić information content (AvgIpc) is 3.03. The van der Waals surface area contributed by atoms with E-state index in [0.717, 1.165) is 19.2 Å². The molecule has 3 rings (SSSR count). The molecule has 0 bridgehead atoms. The molecule has 0 radical (unpaired) electrons. The third-order valence-electron chi connectivity index (χ3n) is 3.94. The Hall–Kier alpha value is -1.50. The first-order valence-electron chi connectivity index (χ1n) is 7.31. The van der Waals surface area contributed by atoms with Crippen LogP contribution in [0.3, 0.4) is 0 Å². The van der Waals surface area contributed by atoms with E-state index in [4.69, 9.17) is 16.0 Å². The summed E-state index contributed by atoms with van der Waals surface area (Å²) in [5.41, 5.74) is -0.552. The van der Waals surface area contributed by atoms with E-state index in [1.807, 2.05) is 4.90 Å². The minimum absolute atomic E-state index is 0.0691. The first kappa shape index (κ1) is 16.4. The minimum atomic E-state index is -4.47. The van der Waals surface area contributed by atoms with Crippen molar-refractivity contribution in [1.82, 2.24) is 10.2 Å². The summed E-state index contributed by atoms with van der Waals surface area (Å²) in [5.74, 6) is 0.500. The van der Waals surface area contributed by atoms with Crippen LogP contribution < -0.4 is 5.32 Å². The molecule has 1 N–H and O–H groups in total. The number of rotatable bonds is 3. The molecule has 1 aliphatic heterocycles. The Kier molecular flexibility index (Phi) is 4.66. The highest BCUT2D eigenvalue weighted by atomic mass is 35.5. The average molecular weight is 345 g/mol. The molecule has 0 amide bonds. The second-order valence-corrected chi connectivity index (χ2v) is 5.87. The van der Waals surface area contributed by atoms with E-state index in [-0.39, 0.29) is 10.6 Å². The number of halogens is 4. The van der Waals surface area contributed by atoms with E-state index in [1.54, 1.807) is 12.1 Å². The van der Waals surface area contributed by atoms with Gasteiger partial charge in [-0.05, 0) is 29.8 Å². The van der Waals surface area contributed by atoms with Crippen LogP contribution in [-0.4, -0.2) is 31.1 Å². The van der Waals surface area contributed by atoms with E-state index in [2.05, 4.69) is 5.32 Å². The molecule has 1 aliphatic rings. The summed E-state index contributed by atoms with van der Waals surface area (Å²) >= 11 is 5.79. The van der Waals surface area contributed by atoms with E-state index in [1.165, 1.54) is 18.4 Å². The van der Waals surface area contributed by atoms with Crippen LogP contribution in [0.2, 0.25) is 5.02 Å². The number of nitrogens with one attached hydrogen (secondary N) is 1. The van der Waals surface area contributed by atoms with Gasteiger partial charge in [0.25, 0.3) is 0 Å². The van der Waals surface area contributed by atoms with Gasteiger partial charge >= 0.3 is 6.18 Å². The van der Waals surface area contributed by atoms with Gasteiger partial charge in [-0.2, -0.15) is 13.2 Å². The molecule has 1 fully saturated rings. The van der Waals surface area contributed by atoms with Gasteiger partial charge in [0.05, 0.1) is 17.9 Å². The van der Waals surface area contributed by atoms with Gasteiger partial charge in [0, 0.05) is 31.2 Å². The largest absolute Gasteiger partial charge is 0.467 e. The molecule has 0 saturated carbocycles. The summed E-state index contributed by atoms with van der Waals surface area (Å²) in [6.45, 7) is 2.74. The lowest BCUT2D eigenvalue weighted by molar-refractivity contribution is -0.138. The molecule has 23 heavy (non-hydrogen) atoms. The number of furan rings is 1. The Morgan fingerprint density at radius 3 is 2.52 bits per heavy atom. The molecule has 124 valence electrons. The molecular weight excluding hydrogens is 329 g/mol. The van der Waals surface area contributed by atoms with Crippen molar-refractivity contribution in [3.63, 3.8) is 0 Å². The summed E-state index contributed by atoms with van der Waals surface area (Å²) in [7, 11) is 0.